The Kier molecular flexibility index (Phi) is 6.54. The van der Waals surface area contributed by atoms with E-state index in [2.05, 4.69) is 138 Å². The summed E-state index contributed by atoms with van der Waals surface area (Å²) in [5.41, 5.74) is 9.59. The fourth-order valence-corrected chi connectivity index (χ4v) is 6.47. The molecule has 8 aromatic rings. The van der Waals surface area contributed by atoms with Crippen molar-refractivity contribution in [1.82, 2.24) is 9.61 Å². The van der Waals surface area contributed by atoms with Crippen molar-refractivity contribution in [2.45, 2.75) is 0 Å². The lowest BCUT2D eigenvalue weighted by molar-refractivity contribution is 0.356. The van der Waals surface area contributed by atoms with Crippen LogP contribution in [0.1, 0.15) is 0 Å². The molecule has 0 radical (unpaired) electrons. The van der Waals surface area contributed by atoms with E-state index in [1.807, 2.05) is 12.1 Å². The van der Waals surface area contributed by atoms with Gasteiger partial charge in [0.05, 0.1) is 25.4 Å². The van der Waals surface area contributed by atoms with E-state index in [0.717, 1.165) is 55.5 Å². The molecular weight excluding hydrogens is 552 g/mol. The lowest BCUT2D eigenvalue weighted by Crippen LogP contribution is -1.97. The summed E-state index contributed by atoms with van der Waals surface area (Å²) >= 11 is 0. The molecule has 0 spiro atoms. The van der Waals surface area contributed by atoms with E-state index < -0.39 is 0 Å². The highest BCUT2D eigenvalue weighted by molar-refractivity contribution is 6.10. The lowest BCUT2D eigenvalue weighted by Gasteiger charge is -2.14. The van der Waals surface area contributed by atoms with Crippen molar-refractivity contribution in [3.63, 3.8) is 0 Å². The maximum Gasteiger partial charge on any atom is 0.161 e. The summed E-state index contributed by atoms with van der Waals surface area (Å²) in [6.07, 6.45) is 0. The van der Waals surface area contributed by atoms with Gasteiger partial charge >= 0.3 is 0 Å². The fourth-order valence-electron chi connectivity index (χ4n) is 6.47. The van der Waals surface area contributed by atoms with Crippen LogP contribution < -0.4 is 9.47 Å². The van der Waals surface area contributed by atoms with E-state index in [0.29, 0.717) is 11.5 Å². The molecule has 0 atom stereocenters. The minimum Gasteiger partial charge on any atom is -0.493 e. The summed E-state index contributed by atoms with van der Waals surface area (Å²) in [5, 5.41) is 9.92. The van der Waals surface area contributed by atoms with Gasteiger partial charge in [0.2, 0.25) is 0 Å². The second-order valence-electron chi connectivity index (χ2n) is 11.1. The zero-order valence-electron chi connectivity index (χ0n) is 25.1. The Hall–Kier alpha value is -5.87. The molecule has 0 saturated carbocycles. The molecule has 0 fully saturated rings. The second-order valence-corrected chi connectivity index (χ2v) is 11.1. The first-order chi connectivity index (χ1) is 22.2. The van der Waals surface area contributed by atoms with Crippen molar-refractivity contribution in [3.8, 4) is 56.3 Å². The first kappa shape index (κ1) is 26.7. The second kappa shape index (κ2) is 11.0. The van der Waals surface area contributed by atoms with Gasteiger partial charge in [0.25, 0.3) is 0 Å². The molecule has 8 rings (SSSR count). The Labute approximate surface area is 261 Å². The predicted molar refractivity (Wildman–Crippen MR) is 185 cm³/mol. The highest BCUT2D eigenvalue weighted by Gasteiger charge is 2.23. The van der Waals surface area contributed by atoms with Gasteiger partial charge in [-0.2, -0.15) is 5.10 Å². The highest BCUT2D eigenvalue weighted by atomic mass is 16.5. The van der Waals surface area contributed by atoms with Gasteiger partial charge in [-0.1, -0.05) is 121 Å². The van der Waals surface area contributed by atoms with Crippen LogP contribution in [0.25, 0.3) is 71.8 Å². The number of pyridine rings is 1. The molecule has 0 aliphatic rings. The van der Waals surface area contributed by atoms with Gasteiger partial charge in [0, 0.05) is 22.1 Å². The third kappa shape index (κ3) is 4.50. The normalized spacial score (nSPS) is 11.3. The maximum absolute atomic E-state index is 5.81. The van der Waals surface area contributed by atoms with Gasteiger partial charge in [-0.15, -0.1) is 0 Å². The number of hydrogen-bond acceptors (Lipinski definition) is 3. The molecule has 2 heterocycles. The van der Waals surface area contributed by atoms with E-state index in [-0.39, 0.29) is 0 Å². The molecule has 0 amide bonds. The van der Waals surface area contributed by atoms with Gasteiger partial charge in [0.15, 0.2) is 11.5 Å². The van der Waals surface area contributed by atoms with Crippen LogP contribution in [0.5, 0.6) is 11.5 Å². The van der Waals surface area contributed by atoms with Crippen molar-refractivity contribution in [3.05, 3.63) is 146 Å². The van der Waals surface area contributed by atoms with Crippen molar-refractivity contribution >= 4 is 27.1 Å². The van der Waals surface area contributed by atoms with E-state index >= 15 is 0 Å². The van der Waals surface area contributed by atoms with Crippen molar-refractivity contribution in [1.29, 1.82) is 0 Å². The average molecular weight is 583 g/mol. The monoisotopic (exact) mass is 582 g/mol. The van der Waals surface area contributed by atoms with Crippen LogP contribution in [0.4, 0.5) is 0 Å². The van der Waals surface area contributed by atoms with Crippen LogP contribution in [0.3, 0.4) is 0 Å². The molecule has 2 aromatic heterocycles. The SMILES string of the molecule is COc1cc2cc(-c3ccccc3)n3nc(-c4ccccc4)c(-c4cccc(-c5cccc6ccccc56)c4)c3c2cc1OC. The molecule has 0 aliphatic carbocycles. The number of nitrogens with zero attached hydrogens (tertiary/aromatic N) is 2. The van der Waals surface area contributed by atoms with Gasteiger partial charge in [-0.3, -0.25) is 0 Å². The third-order valence-electron chi connectivity index (χ3n) is 8.59. The third-order valence-corrected chi connectivity index (χ3v) is 8.59. The van der Waals surface area contributed by atoms with E-state index in [9.17, 15) is 0 Å². The average Bonchev–Trinajstić information content (AvgIpc) is 3.52. The number of hydrogen-bond donors (Lipinski definition) is 0. The summed E-state index contributed by atoms with van der Waals surface area (Å²) in [4.78, 5) is 0. The summed E-state index contributed by atoms with van der Waals surface area (Å²) < 4.78 is 13.7. The summed E-state index contributed by atoms with van der Waals surface area (Å²) in [6, 6.07) is 51.1. The molecule has 0 saturated heterocycles. The fraction of sp³-hybridized carbons (Fsp3) is 0.0488. The number of rotatable bonds is 6. The molecule has 6 aromatic carbocycles. The largest absolute Gasteiger partial charge is 0.493 e. The first-order valence-corrected chi connectivity index (χ1v) is 15.0. The summed E-state index contributed by atoms with van der Waals surface area (Å²) in [6.45, 7) is 0. The number of ether oxygens (including phenoxy) is 2. The van der Waals surface area contributed by atoms with Gasteiger partial charge in [0.1, 0.15) is 5.69 Å². The van der Waals surface area contributed by atoms with E-state index in [4.69, 9.17) is 14.6 Å². The Morgan fingerprint density at radius 2 is 1.11 bits per heavy atom. The molecular formula is C41H30N2O2. The van der Waals surface area contributed by atoms with Gasteiger partial charge in [-0.25, -0.2) is 4.52 Å². The standard InChI is InChI=1S/C41H30N2O2/c1-44-37-25-32-24-36(28-14-5-3-6-15-28)43-41(35(32)26-38(37)45-2)39(40(42-43)29-16-7-4-8-17-29)31-20-11-19-30(23-31)34-22-12-18-27-13-9-10-21-33(27)34/h3-26H,1-2H3. The van der Waals surface area contributed by atoms with Crippen LogP contribution in [0.15, 0.2) is 146 Å². The number of aromatic nitrogens is 2. The molecule has 0 bridgehead atoms. The van der Waals surface area contributed by atoms with E-state index in [1.54, 1.807) is 14.2 Å². The summed E-state index contributed by atoms with van der Waals surface area (Å²) in [5.74, 6) is 1.37. The van der Waals surface area contributed by atoms with Crippen LogP contribution in [-0.4, -0.2) is 23.8 Å². The van der Waals surface area contributed by atoms with Crippen LogP contribution in [-0.2, 0) is 0 Å². The molecule has 0 N–H and O–H groups in total. The minimum absolute atomic E-state index is 0.678. The Bertz CT molecular complexity index is 2340. The topological polar surface area (TPSA) is 35.8 Å². The number of fused-ring (bicyclic) bond motifs is 4. The molecule has 4 nitrogen and oxygen atoms in total. The smallest absolute Gasteiger partial charge is 0.161 e. The quantitative estimate of drug-likeness (QED) is 0.196. The predicted octanol–water partition coefficient (Wildman–Crippen LogP) is 10.3. The van der Waals surface area contributed by atoms with Gasteiger partial charge < -0.3 is 9.47 Å². The zero-order valence-corrected chi connectivity index (χ0v) is 25.1. The minimum atomic E-state index is 0.678. The zero-order chi connectivity index (χ0) is 30.3. The molecule has 45 heavy (non-hydrogen) atoms. The molecule has 0 aliphatic heterocycles. The van der Waals surface area contributed by atoms with Crippen LogP contribution >= 0.6 is 0 Å². The number of methoxy groups -OCH3 is 2. The van der Waals surface area contributed by atoms with Crippen LogP contribution in [0, 0.1) is 0 Å². The lowest BCUT2D eigenvalue weighted by atomic mass is 9.92. The van der Waals surface area contributed by atoms with Gasteiger partial charge in [-0.05, 0) is 57.1 Å². The first-order valence-electron chi connectivity index (χ1n) is 15.0. The van der Waals surface area contributed by atoms with Crippen molar-refractivity contribution in [2.75, 3.05) is 14.2 Å². The highest BCUT2D eigenvalue weighted by Crippen LogP contribution is 2.44. The Balaban J connectivity index is 1.50. The molecule has 4 heteroatoms. The van der Waals surface area contributed by atoms with Crippen LogP contribution in [0.2, 0.25) is 0 Å². The van der Waals surface area contributed by atoms with Crippen molar-refractivity contribution in [2.24, 2.45) is 0 Å². The Morgan fingerprint density at radius 1 is 0.489 bits per heavy atom. The van der Waals surface area contributed by atoms with E-state index in [1.165, 1.54) is 16.3 Å². The maximum atomic E-state index is 5.81. The molecule has 216 valence electrons. The van der Waals surface area contributed by atoms with Crippen molar-refractivity contribution < 1.29 is 9.47 Å². The number of benzene rings is 6. The molecule has 0 unspecified atom stereocenters. The Morgan fingerprint density at radius 3 is 1.89 bits per heavy atom. The summed E-state index contributed by atoms with van der Waals surface area (Å²) in [7, 11) is 3.36.